The molecule has 108 valence electrons. The van der Waals surface area contributed by atoms with Crippen molar-refractivity contribution in [3.8, 4) is 0 Å². The van der Waals surface area contributed by atoms with Gasteiger partial charge in [0, 0.05) is 18.8 Å². The lowest BCUT2D eigenvalue weighted by atomic mass is 10.2. The van der Waals surface area contributed by atoms with Crippen LogP contribution in [-0.4, -0.2) is 39.8 Å². The molecule has 2 heterocycles. The summed E-state index contributed by atoms with van der Waals surface area (Å²) in [6.45, 7) is 7.33. The highest BCUT2D eigenvalue weighted by Crippen LogP contribution is 2.04. The molecular weight excluding hydrogens is 256 g/mol. The Morgan fingerprint density at radius 1 is 1.35 bits per heavy atom. The summed E-state index contributed by atoms with van der Waals surface area (Å²) in [5.74, 6) is 0.371. The van der Waals surface area contributed by atoms with Crippen molar-refractivity contribution in [3.05, 3.63) is 30.2 Å². The lowest BCUT2D eigenvalue weighted by Crippen LogP contribution is -2.36. The third-order valence-corrected chi connectivity index (χ3v) is 2.75. The number of carbonyl (C=O) groups is 1. The zero-order chi connectivity index (χ0) is 14.5. The summed E-state index contributed by atoms with van der Waals surface area (Å²) in [7, 11) is 0. The summed E-state index contributed by atoms with van der Waals surface area (Å²) >= 11 is 0. The van der Waals surface area contributed by atoms with Gasteiger partial charge in [-0.25, -0.2) is 0 Å². The molecule has 0 saturated heterocycles. The molecule has 1 N–H and O–H groups in total. The van der Waals surface area contributed by atoms with Crippen LogP contribution in [0.3, 0.4) is 0 Å². The molecule has 2 aromatic heterocycles. The van der Waals surface area contributed by atoms with E-state index in [1.165, 1.54) is 0 Å². The summed E-state index contributed by atoms with van der Waals surface area (Å²) in [5.41, 5.74) is 1.29. The Morgan fingerprint density at radius 2 is 2.15 bits per heavy atom. The van der Waals surface area contributed by atoms with Gasteiger partial charge in [-0.1, -0.05) is 13.8 Å². The van der Waals surface area contributed by atoms with Gasteiger partial charge < -0.3 is 10.1 Å². The lowest BCUT2D eigenvalue weighted by molar-refractivity contribution is 0.0791. The summed E-state index contributed by atoms with van der Waals surface area (Å²) in [4.78, 5) is 12.1. The van der Waals surface area contributed by atoms with Crippen LogP contribution in [0.4, 0.5) is 0 Å². The fraction of sp³-hybridized carbons (Fsp3) is 0.500. The second kappa shape index (κ2) is 6.47. The quantitative estimate of drug-likeness (QED) is 0.868. The Morgan fingerprint density at radius 3 is 2.90 bits per heavy atom. The average Bonchev–Trinajstić information content (AvgIpc) is 2.85. The van der Waals surface area contributed by atoms with Crippen LogP contribution in [0.2, 0.25) is 0 Å². The number of nitrogens with one attached hydrogen (secondary N) is 1. The molecule has 2 aromatic rings. The number of nitrogens with zero attached hydrogens (tertiary/aromatic N) is 3. The third-order valence-electron chi connectivity index (χ3n) is 2.75. The lowest BCUT2D eigenvalue weighted by Gasteiger charge is -2.15. The summed E-state index contributed by atoms with van der Waals surface area (Å²) in [6.07, 6.45) is 3.29. The smallest absolute Gasteiger partial charge is 0.253 e. The van der Waals surface area contributed by atoms with Crippen molar-refractivity contribution >= 4 is 11.6 Å². The molecule has 0 aliphatic rings. The monoisotopic (exact) mass is 276 g/mol. The highest BCUT2D eigenvalue weighted by molar-refractivity contribution is 5.94. The number of rotatable bonds is 6. The highest BCUT2D eigenvalue weighted by atomic mass is 16.5. The SMILES string of the molecule is CC(C)COC[C@@H](C)NC(=O)c1ccc2nncn2c1. The molecule has 6 nitrogen and oxygen atoms in total. The van der Waals surface area contributed by atoms with E-state index in [1.807, 2.05) is 6.92 Å². The van der Waals surface area contributed by atoms with Crippen LogP contribution in [0.5, 0.6) is 0 Å². The van der Waals surface area contributed by atoms with Crippen molar-refractivity contribution in [3.63, 3.8) is 0 Å². The molecule has 20 heavy (non-hydrogen) atoms. The maximum atomic E-state index is 12.1. The molecule has 0 fully saturated rings. The Labute approximate surface area is 118 Å². The van der Waals surface area contributed by atoms with Crippen molar-refractivity contribution in [2.24, 2.45) is 5.92 Å². The number of ether oxygens (including phenoxy) is 1. The van der Waals surface area contributed by atoms with E-state index < -0.39 is 0 Å². The van der Waals surface area contributed by atoms with E-state index in [-0.39, 0.29) is 11.9 Å². The molecular formula is C14H20N4O2. The summed E-state index contributed by atoms with van der Waals surface area (Å²) < 4.78 is 7.23. The van der Waals surface area contributed by atoms with Gasteiger partial charge in [-0.3, -0.25) is 9.20 Å². The van der Waals surface area contributed by atoms with Gasteiger partial charge in [0.25, 0.3) is 5.91 Å². The molecule has 6 heteroatoms. The minimum absolute atomic E-state index is 0.0298. The predicted octanol–water partition coefficient (Wildman–Crippen LogP) is 1.52. The molecule has 1 atom stereocenters. The van der Waals surface area contributed by atoms with Crippen molar-refractivity contribution in [1.82, 2.24) is 19.9 Å². The van der Waals surface area contributed by atoms with Gasteiger partial charge in [0.05, 0.1) is 12.2 Å². The Kier molecular flexibility index (Phi) is 4.68. The van der Waals surface area contributed by atoms with Gasteiger partial charge >= 0.3 is 0 Å². The molecule has 0 aliphatic carbocycles. The van der Waals surface area contributed by atoms with Crippen molar-refractivity contribution in [2.45, 2.75) is 26.8 Å². The van der Waals surface area contributed by atoms with E-state index >= 15 is 0 Å². The van der Waals surface area contributed by atoms with E-state index in [4.69, 9.17) is 4.74 Å². The number of hydrogen-bond acceptors (Lipinski definition) is 4. The molecule has 0 aromatic carbocycles. The largest absolute Gasteiger partial charge is 0.379 e. The molecule has 0 saturated carbocycles. The predicted molar refractivity (Wildman–Crippen MR) is 75.6 cm³/mol. The molecule has 0 bridgehead atoms. The topological polar surface area (TPSA) is 68.5 Å². The normalized spacial score (nSPS) is 12.8. The molecule has 0 spiro atoms. The first-order valence-corrected chi connectivity index (χ1v) is 6.74. The van der Waals surface area contributed by atoms with E-state index in [2.05, 4.69) is 29.4 Å². The molecule has 2 rings (SSSR count). The molecule has 0 radical (unpaired) electrons. The molecule has 0 unspecified atom stereocenters. The Bertz CT molecular complexity index is 579. The average molecular weight is 276 g/mol. The Hall–Kier alpha value is -1.95. The standard InChI is InChI=1S/C14H20N4O2/c1-10(2)7-20-8-11(3)16-14(19)12-4-5-13-17-15-9-18(13)6-12/h4-6,9-11H,7-8H2,1-3H3,(H,16,19)/t11-/m1/s1. The van der Waals surface area contributed by atoms with Crippen LogP contribution in [0, 0.1) is 5.92 Å². The van der Waals surface area contributed by atoms with E-state index in [9.17, 15) is 4.79 Å². The number of amides is 1. The van der Waals surface area contributed by atoms with Crippen molar-refractivity contribution in [1.29, 1.82) is 0 Å². The Balaban J connectivity index is 1.90. The van der Waals surface area contributed by atoms with Crippen molar-refractivity contribution in [2.75, 3.05) is 13.2 Å². The van der Waals surface area contributed by atoms with Gasteiger partial charge in [-0.05, 0) is 25.0 Å². The fourth-order valence-corrected chi connectivity index (χ4v) is 1.79. The number of hydrogen-bond donors (Lipinski definition) is 1. The first-order valence-electron chi connectivity index (χ1n) is 6.74. The second-order valence-corrected chi connectivity index (χ2v) is 5.32. The number of fused-ring (bicyclic) bond motifs is 1. The van der Waals surface area contributed by atoms with Gasteiger partial charge in [-0.15, -0.1) is 10.2 Å². The first-order chi connectivity index (χ1) is 9.56. The van der Waals surface area contributed by atoms with E-state index in [0.29, 0.717) is 24.7 Å². The van der Waals surface area contributed by atoms with Crippen LogP contribution < -0.4 is 5.32 Å². The third kappa shape index (κ3) is 3.77. The summed E-state index contributed by atoms with van der Waals surface area (Å²) in [6, 6.07) is 3.47. The molecule has 0 aliphatic heterocycles. The zero-order valence-electron chi connectivity index (χ0n) is 12.0. The minimum Gasteiger partial charge on any atom is -0.379 e. The van der Waals surface area contributed by atoms with Gasteiger partial charge in [0.15, 0.2) is 5.65 Å². The minimum atomic E-state index is -0.124. The van der Waals surface area contributed by atoms with Crippen LogP contribution in [0.25, 0.3) is 5.65 Å². The summed E-state index contributed by atoms with van der Waals surface area (Å²) in [5, 5.41) is 10.6. The van der Waals surface area contributed by atoms with Crippen LogP contribution in [-0.2, 0) is 4.74 Å². The number of pyridine rings is 1. The zero-order valence-corrected chi connectivity index (χ0v) is 12.0. The van der Waals surface area contributed by atoms with Gasteiger partial charge in [0.1, 0.15) is 6.33 Å². The number of aromatic nitrogens is 3. The maximum absolute atomic E-state index is 12.1. The van der Waals surface area contributed by atoms with Crippen LogP contribution in [0.15, 0.2) is 24.7 Å². The van der Waals surface area contributed by atoms with Crippen LogP contribution >= 0.6 is 0 Å². The second-order valence-electron chi connectivity index (χ2n) is 5.32. The van der Waals surface area contributed by atoms with Crippen molar-refractivity contribution < 1.29 is 9.53 Å². The highest BCUT2D eigenvalue weighted by Gasteiger charge is 2.11. The van der Waals surface area contributed by atoms with Gasteiger partial charge in [0.2, 0.25) is 0 Å². The van der Waals surface area contributed by atoms with E-state index in [1.54, 1.807) is 29.1 Å². The van der Waals surface area contributed by atoms with E-state index in [0.717, 1.165) is 5.65 Å². The van der Waals surface area contributed by atoms with Gasteiger partial charge in [-0.2, -0.15) is 0 Å². The number of carbonyl (C=O) groups excluding carboxylic acids is 1. The molecule has 1 amide bonds. The van der Waals surface area contributed by atoms with Crippen LogP contribution in [0.1, 0.15) is 31.1 Å². The fourth-order valence-electron chi connectivity index (χ4n) is 1.79. The maximum Gasteiger partial charge on any atom is 0.253 e. The first kappa shape index (κ1) is 14.5.